The van der Waals surface area contributed by atoms with E-state index in [9.17, 15) is 0 Å². The van der Waals surface area contributed by atoms with Crippen LogP contribution in [0.2, 0.25) is 0 Å². The van der Waals surface area contributed by atoms with Crippen LogP contribution in [0.3, 0.4) is 0 Å². The largest absolute Gasteiger partial charge is 0.389 e. The maximum Gasteiger partial charge on any atom is 0.136 e. The number of thiocarbonyl (C=S) groups is 1. The zero-order valence-electron chi connectivity index (χ0n) is 10.1. The van der Waals surface area contributed by atoms with E-state index in [0.29, 0.717) is 17.1 Å². The molecule has 1 aliphatic heterocycles. The molecular formula is C13H17N3OS. The van der Waals surface area contributed by atoms with Crippen LogP contribution in [0.15, 0.2) is 18.3 Å². The number of hydrogen-bond donors (Lipinski definition) is 2. The van der Waals surface area contributed by atoms with Crippen molar-refractivity contribution in [1.29, 1.82) is 0 Å². The fourth-order valence-corrected chi connectivity index (χ4v) is 2.71. The summed E-state index contributed by atoms with van der Waals surface area (Å²) in [5.41, 5.74) is 6.53. The van der Waals surface area contributed by atoms with Crippen molar-refractivity contribution < 1.29 is 4.74 Å². The molecule has 18 heavy (non-hydrogen) atoms. The number of nitrogens with one attached hydrogen (secondary N) is 1. The minimum Gasteiger partial charge on any atom is -0.389 e. The van der Waals surface area contributed by atoms with Crippen molar-refractivity contribution in [3.8, 4) is 0 Å². The SMILES string of the molecule is NC(=S)c1cccnc1NC1CCOC1C1CC1. The van der Waals surface area contributed by atoms with Crippen molar-refractivity contribution in [3.05, 3.63) is 23.9 Å². The number of ether oxygens (including phenoxy) is 1. The van der Waals surface area contributed by atoms with Crippen LogP contribution in [-0.2, 0) is 4.74 Å². The molecule has 0 bridgehead atoms. The number of aromatic nitrogens is 1. The Kier molecular flexibility index (Phi) is 3.18. The van der Waals surface area contributed by atoms with E-state index < -0.39 is 0 Å². The van der Waals surface area contributed by atoms with Gasteiger partial charge in [-0.05, 0) is 37.3 Å². The Bertz CT molecular complexity index is 461. The molecule has 96 valence electrons. The molecule has 1 aromatic rings. The van der Waals surface area contributed by atoms with Gasteiger partial charge in [0.1, 0.15) is 10.8 Å². The van der Waals surface area contributed by atoms with Crippen LogP contribution < -0.4 is 11.1 Å². The average Bonchev–Trinajstić information content (AvgIpc) is 3.11. The summed E-state index contributed by atoms with van der Waals surface area (Å²) in [4.78, 5) is 4.73. The molecule has 2 aliphatic rings. The molecule has 2 unspecified atom stereocenters. The molecule has 0 aromatic carbocycles. The monoisotopic (exact) mass is 263 g/mol. The van der Waals surface area contributed by atoms with Gasteiger partial charge in [-0.2, -0.15) is 0 Å². The second kappa shape index (κ2) is 4.82. The minimum absolute atomic E-state index is 0.325. The van der Waals surface area contributed by atoms with Gasteiger partial charge in [0.05, 0.1) is 17.7 Å². The van der Waals surface area contributed by atoms with Gasteiger partial charge in [0, 0.05) is 12.8 Å². The predicted molar refractivity (Wildman–Crippen MR) is 74.6 cm³/mol. The molecule has 0 spiro atoms. The molecule has 3 rings (SSSR count). The molecule has 2 heterocycles. The Balaban J connectivity index is 1.77. The molecule has 1 saturated heterocycles. The summed E-state index contributed by atoms with van der Waals surface area (Å²) in [7, 11) is 0. The van der Waals surface area contributed by atoms with Gasteiger partial charge in [0.2, 0.25) is 0 Å². The highest BCUT2D eigenvalue weighted by Gasteiger charge is 2.40. The second-order valence-corrected chi connectivity index (χ2v) is 5.42. The predicted octanol–water partition coefficient (Wildman–Crippen LogP) is 1.70. The van der Waals surface area contributed by atoms with Crippen LogP contribution >= 0.6 is 12.2 Å². The number of hydrogen-bond acceptors (Lipinski definition) is 4. The normalized spacial score (nSPS) is 27.1. The lowest BCUT2D eigenvalue weighted by Gasteiger charge is -2.21. The highest BCUT2D eigenvalue weighted by molar-refractivity contribution is 7.80. The third-order valence-electron chi connectivity index (χ3n) is 3.62. The van der Waals surface area contributed by atoms with E-state index in [1.54, 1.807) is 6.20 Å². The summed E-state index contributed by atoms with van der Waals surface area (Å²) < 4.78 is 5.81. The zero-order valence-corrected chi connectivity index (χ0v) is 11.0. The highest BCUT2D eigenvalue weighted by atomic mass is 32.1. The van der Waals surface area contributed by atoms with Crippen LogP contribution in [0.5, 0.6) is 0 Å². The van der Waals surface area contributed by atoms with E-state index in [-0.39, 0.29) is 0 Å². The third kappa shape index (κ3) is 2.33. The standard InChI is InChI=1S/C13H17N3OS/c14-12(18)9-2-1-6-15-13(9)16-10-5-7-17-11(10)8-3-4-8/h1-2,6,8,10-11H,3-5,7H2,(H2,14,18)(H,15,16). The van der Waals surface area contributed by atoms with E-state index in [0.717, 1.165) is 30.3 Å². The van der Waals surface area contributed by atoms with Crippen LogP contribution in [0.4, 0.5) is 5.82 Å². The first kappa shape index (κ1) is 11.9. The van der Waals surface area contributed by atoms with E-state index in [1.165, 1.54) is 12.8 Å². The number of nitrogens with two attached hydrogens (primary N) is 1. The van der Waals surface area contributed by atoms with Gasteiger partial charge in [0.15, 0.2) is 0 Å². The fraction of sp³-hybridized carbons (Fsp3) is 0.538. The summed E-state index contributed by atoms with van der Waals surface area (Å²) in [5.74, 6) is 1.51. The molecule has 0 radical (unpaired) electrons. The highest BCUT2D eigenvalue weighted by Crippen LogP contribution is 2.39. The summed E-state index contributed by atoms with van der Waals surface area (Å²) in [5, 5.41) is 3.46. The first-order valence-electron chi connectivity index (χ1n) is 6.38. The Morgan fingerprint density at radius 1 is 1.44 bits per heavy atom. The summed E-state index contributed by atoms with van der Waals surface area (Å²) in [6.07, 6.45) is 5.67. The van der Waals surface area contributed by atoms with Gasteiger partial charge < -0.3 is 15.8 Å². The quantitative estimate of drug-likeness (QED) is 0.810. The number of nitrogens with zero attached hydrogens (tertiary/aromatic N) is 1. The Morgan fingerprint density at radius 2 is 2.28 bits per heavy atom. The Morgan fingerprint density at radius 3 is 3.00 bits per heavy atom. The van der Waals surface area contributed by atoms with Crippen LogP contribution in [0.25, 0.3) is 0 Å². The summed E-state index contributed by atoms with van der Waals surface area (Å²) in [6.45, 7) is 0.827. The van der Waals surface area contributed by atoms with Gasteiger partial charge in [-0.1, -0.05) is 12.2 Å². The molecule has 2 fully saturated rings. The zero-order chi connectivity index (χ0) is 12.5. The van der Waals surface area contributed by atoms with Crippen molar-refractivity contribution in [3.63, 3.8) is 0 Å². The lowest BCUT2D eigenvalue weighted by Crippen LogP contribution is -2.32. The van der Waals surface area contributed by atoms with Gasteiger partial charge in [-0.15, -0.1) is 0 Å². The maximum absolute atomic E-state index is 5.81. The number of rotatable bonds is 4. The van der Waals surface area contributed by atoms with Gasteiger partial charge in [-0.25, -0.2) is 4.98 Å². The minimum atomic E-state index is 0.325. The van der Waals surface area contributed by atoms with Crippen LogP contribution in [0, 0.1) is 5.92 Å². The first-order valence-corrected chi connectivity index (χ1v) is 6.79. The van der Waals surface area contributed by atoms with Gasteiger partial charge in [-0.3, -0.25) is 0 Å². The fourth-order valence-electron chi connectivity index (χ4n) is 2.55. The summed E-state index contributed by atoms with van der Waals surface area (Å²) in [6, 6.07) is 4.09. The lowest BCUT2D eigenvalue weighted by molar-refractivity contribution is 0.0898. The lowest BCUT2D eigenvalue weighted by atomic mass is 10.1. The maximum atomic E-state index is 5.81. The average molecular weight is 263 g/mol. The molecule has 4 nitrogen and oxygen atoms in total. The van der Waals surface area contributed by atoms with Crippen molar-refractivity contribution in [2.75, 3.05) is 11.9 Å². The topological polar surface area (TPSA) is 60.2 Å². The first-order chi connectivity index (χ1) is 8.75. The van der Waals surface area contributed by atoms with E-state index >= 15 is 0 Å². The summed E-state index contributed by atoms with van der Waals surface area (Å²) >= 11 is 5.05. The van der Waals surface area contributed by atoms with Crippen LogP contribution in [0.1, 0.15) is 24.8 Å². The van der Waals surface area contributed by atoms with Crippen molar-refractivity contribution in [2.45, 2.75) is 31.4 Å². The molecular weight excluding hydrogens is 246 g/mol. The Labute approximate surface area is 112 Å². The molecule has 1 aliphatic carbocycles. The Hall–Kier alpha value is -1.20. The third-order valence-corrected chi connectivity index (χ3v) is 3.84. The number of pyridine rings is 1. The number of anilines is 1. The van der Waals surface area contributed by atoms with Crippen molar-refractivity contribution in [2.24, 2.45) is 11.7 Å². The molecule has 1 aromatic heterocycles. The van der Waals surface area contributed by atoms with Gasteiger partial charge >= 0.3 is 0 Å². The second-order valence-electron chi connectivity index (χ2n) is 4.98. The molecule has 2 atom stereocenters. The van der Waals surface area contributed by atoms with Crippen molar-refractivity contribution >= 4 is 23.0 Å². The van der Waals surface area contributed by atoms with Crippen LogP contribution in [-0.4, -0.2) is 28.7 Å². The van der Waals surface area contributed by atoms with Crippen molar-refractivity contribution in [1.82, 2.24) is 4.98 Å². The van der Waals surface area contributed by atoms with E-state index in [1.807, 2.05) is 12.1 Å². The van der Waals surface area contributed by atoms with Gasteiger partial charge in [0.25, 0.3) is 0 Å². The molecule has 5 heteroatoms. The smallest absolute Gasteiger partial charge is 0.136 e. The van der Waals surface area contributed by atoms with E-state index in [2.05, 4.69) is 10.3 Å². The molecule has 0 amide bonds. The van der Waals surface area contributed by atoms with E-state index in [4.69, 9.17) is 22.7 Å². The molecule has 1 saturated carbocycles. The molecule has 3 N–H and O–H groups in total.